The summed E-state index contributed by atoms with van der Waals surface area (Å²) >= 11 is 0. The molecule has 0 saturated heterocycles. The molecule has 0 aliphatic rings. The Labute approximate surface area is 114 Å². The molecule has 0 fully saturated rings. The molecule has 1 aromatic rings. The van der Waals surface area contributed by atoms with Crippen LogP contribution in [0.5, 0.6) is 5.75 Å². The van der Waals surface area contributed by atoms with E-state index in [1.54, 1.807) is 7.11 Å². The normalized spacial score (nSPS) is 12.3. The first-order valence-corrected chi connectivity index (χ1v) is 6.36. The molecule has 106 valence electrons. The molecule has 0 bridgehead atoms. The van der Waals surface area contributed by atoms with E-state index in [0.717, 1.165) is 12.1 Å². The fraction of sp³-hybridized carbons (Fsp3) is 0.500. The molecule has 0 radical (unpaired) electrons. The van der Waals surface area contributed by atoms with Crippen LogP contribution in [0.3, 0.4) is 0 Å². The van der Waals surface area contributed by atoms with E-state index in [2.05, 4.69) is 10.2 Å². The lowest BCUT2D eigenvalue weighted by atomic mass is 10.1. The summed E-state index contributed by atoms with van der Waals surface area (Å²) in [5.41, 5.74) is 7.48. The maximum Gasteiger partial charge on any atom is 0.241 e. The second kappa shape index (κ2) is 7.11. The molecular formula is C14H23N3O2. The number of nitrogens with two attached hydrogens (primary N) is 1. The molecule has 0 aliphatic heterocycles. The standard InChI is InChI=1S/C14H23N3O2/c1-5-11(15)14(18)16-12-8-10(9-17(2)3)6-7-13(12)19-4/h6-8,11H,5,9,15H2,1-4H3,(H,16,18)/t11-/m0/s1. The van der Waals surface area contributed by atoms with Crippen LogP contribution in [0, 0.1) is 0 Å². The van der Waals surface area contributed by atoms with Crippen LogP contribution >= 0.6 is 0 Å². The lowest BCUT2D eigenvalue weighted by molar-refractivity contribution is -0.117. The number of hydrogen-bond donors (Lipinski definition) is 2. The van der Waals surface area contributed by atoms with Gasteiger partial charge in [0.05, 0.1) is 18.8 Å². The molecule has 0 spiro atoms. The predicted molar refractivity (Wildman–Crippen MR) is 77.3 cm³/mol. The first kappa shape index (κ1) is 15.5. The van der Waals surface area contributed by atoms with E-state index in [1.165, 1.54) is 0 Å². The molecule has 1 rings (SSSR count). The molecule has 1 aromatic carbocycles. The van der Waals surface area contributed by atoms with E-state index in [9.17, 15) is 4.79 Å². The van der Waals surface area contributed by atoms with Crippen molar-refractivity contribution in [3.63, 3.8) is 0 Å². The van der Waals surface area contributed by atoms with Crippen LogP contribution in [0.4, 0.5) is 5.69 Å². The van der Waals surface area contributed by atoms with Gasteiger partial charge in [-0.25, -0.2) is 0 Å². The minimum absolute atomic E-state index is 0.192. The number of benzene rings is 1. The highest BCUT2D eigenvalue weighted by atomic mass is 16.5. The van der Waals surface area contributed by atoms with Gasteiger partial charge in [-0.1, -0.05) is 13.0 Å². The monoisotopic (exact) mass is 265 g/mol. The summed E-state index contributed by atoms with van der Waals surface area (Å²) in [6.45, 7) is 2.68. The van der Waals surface area contributed by atoms with Crippen molar-refractivity contribution in [1.29, 1.82) is 0 Å². The summed E-state index contributed by atoms with van der Waals surface area (Å²) in [5, 5.41) is 2.82. The Bertz CT molecular complexity index is 433. The second-order valence-electron chi connectivity index (χ2n) is 4.78. The topological polar surface area (TPSA) is 67.6 Å². The van der Waals surface area contributed by atoms with Crippen molar-refractivity contribution in [2.75, 3.05) is 26.5 Å². The molecule has 0 saturated carbocycles. The molecule has 0 heterocycles. The first-order valence-electron chi connectivity index (χ1n) is 6.36. The van der Waals surface area contributed by atoms with E-state index < -0.39 is 6.04 Å². The fourth-order valence-electron chi connectivity index (χ4n) is 1.73. The Hall–Kier alpha value is -1.59. The van der Waals surface area contributed by atoms with Gasteiger partial charge < -0.3 is 20.7 Å². The summed E-state index contributed by atoms with van der Waals surface area (Å²) in [7, 11) is 5.57. The number of nitrogens with zero attached hydrogens (tertiary/aromatic N) is 1. The summed E-state index contributed by atoms with van der Waals surface area (Å²) in [6.07, 6.45) is 0.603. The van der Waals surface area contributed by atoms with Crippen LogP contribution in [-0.2, 0) is 11.3 Å². The molecule has 19 heavy (non-hydrogen) atoms. The Balaban J connectivity index is 2.92. The number of carbonyl (C=O) groups excluding carboxylic acids is 1. The van der Waals surface area contributed by atoms with Crippen LogP contribution in [-0.4, -0.2) is 38.1 Å². The molecule has 3 N–H and O–H groups in total. The van der Waals surface area contributed by atoms with Gasteiger partial charge in [0.25, 0.3) is 0 Å². The van der Waals surface area contributed by atoms with Crippen molar-refractivity contribution in [2.24, 2.45) is 5.73 Å². The Morgan fingerprint density at radius 1 is 1.47 bits per heavy atom. The number of hydrogen-bond acceptors (Lipinski definition) is 4. The fourth-order valence-corrected chi connectivity index (χ4v) is 1.73. The third kappa shape index (κ3) is 4.54. The Morgan fingerprint density at radius 2 is 2.16 bits per heavy atom. The van der Waals surface area contributed by atoms with Gasteiger partial charge in [0.1, 0.15) is 5.75 Å². The summed E-state index contributed by atoms with van der Waals surface area (Å²) in [6, 6.07) is 5.25. The lowest BCUT2D eigenvalue weighted by Crippen LogP contribution is -2.34. The molecule has 0 unspecified atom stereocenters. The SMILES string of the molecule is CC[C@H](N)C(=O)Nc1cc(CN(C)C)ccc1OC. The number of carbonyl (C=O) groups is 1. The predicted octanol–water partition coefficient (Wildman–Crippen LogP) is 1.43. The number of nitrogens with one attached hydrogen (secondary N) is 1. The van der Waals surface area contributed by atoms with Crippen LogP contribution in [0.1, 0.15) is 18.9 Å². The Kier molecular flexibility index (Phi) is 5.79. The maximum atomic E-state index is 11.8. The highest BCUT2D eigenvalue weighted by Gasteiger charge is 2.14. The first-order chi connectivity index (χ1) is 8.97. The number of ether oxygens (including phenoxy) is 1. The van der Waals surface area contributed by atoms with E-state index in [-0.39, 0.29) is 5.91 Å². The van der Waals surface area contributed by atoms with Gasteiger partial charge in [-0.3, -0.25) is 4.79 Å². The van der Waals surface area contributed by atoms with Gasteiger partial charge in [0.15, 0.2) is 0 Å². The van der Waals surface area contributed by atoms with Crippen molar-refractivity contribution in [3.8, 4) is 5.75 Å². The van der Waals surface area contributed by atoms with Gasteiger partial charge in [0.2, 0.25) is 5.91 Å². The minimum atomic E-state index is -0.498. The van der Waals surface area contributed by atoms with Gasteiger partial charge in [-0.15, -0.1) is 0 Å². The zero-order chi connectivity index (χ0) is 14.4. The van der Waals surface area contributed by atoms with Gasteiger partial charge in [0, 0.05) is 6.54 Å². The summed E-state index contributed by atoms with van der Waals surface area (Å²) in [5.74, 6) is 0.446. The van der Waals surface area contributed by atoms with Crippen molar-refractivity contribution in [2.45, 2.75) is 25.9 Å². The van der Waals surface area contributed by atoms with E-state index in [0.29, 0.717) is 17.9 Å². The number of amides is 1. The molecular weight excluding hydrogens is 242 g/mol. The maximum absolute atomic E-state index is 11.8. The van der Waals surface area contributed by atoms with Crippen molar-refractivity contribution in [1.82, 2.24) is 4.90 Å². The van der Waals surface area contributed by atoms with Crippen LogP contribution in [0.15, 0.2) is 18.2 Å². The Morgan fingerprint density at radius 3 is 2.68 bits per heavy atom. The van der Waals surface area contributed by atoms with E-state index in [1.807, 2.05) is 39.2 Å². The van der Waals surface area contributed by atoms with Gasteiger partial charge >= 0.3 is 0 Å². The van der Waals surface area contributed by atoms with E-state index in [4.69, 9.17) is 10.5 Å². The molecule has 5 nitrogen and oxygen atoms in total. The van der Waals surface area contributed by atoms with Crippen LogP contribution in [0.2, 0.25) is 0 Å². The smallest absolute Gasteiger partial charge is 0.241 e. The number of rotatable bonds is 6. The third-order valence-corrected chi connectivity index (χ3v) is 2.80. The minimum Gasteiger partial charge on any atom is -0.495 e. The molecule has 0 aliphatic carbocycles. The van der Waals surface area contributed by atoms with Crippen molar-refractivity contribution in [3.05, 3.63) is 23.8 Å². The van der Waals surface area contributed by atoms with Crippen molar-refractivity contribution < 1.29 is 9.53 Å². The summed E-state index contributed by atoms with van der Waals surface area (Å²) in [4.78, 5) is 13.9. The third-order valence-electron chi connectivity index (χ3n) is 2.80. The zero-order valence-electron chi connectivity index (χ0n) is 12.1. The van der Waals surface area contributed by atoms with Gasteiger partial charge in [-0.05, 0) is 38.2 Å². The van der Waals surface area contributed by atoms with Crippen molar-refractivity contribution >= 4 is 11.6 Å². The highest BCUT2D eigenvalue weighted by Crippen LogP contribution is 2.26. The highest BCUT2D eigenvalue weighted by molar-refractivity contribution is 5.96. The zero-order valence-corrected chi connectivity index (χ0v) is 12.1. The van der Waals surface area contributed by atoms with E-state index >= 15 is 0 Å². The molecule has 5 heteroatoms. The average Bonchev–Trinajstić information content (AvgIpc) is 2.37. The average molecular weight is 265 g/mol. The quantitative estimate of drug-likeness (QED) is 0.816. The molecule has 1 atom stereocenters. The number of methoxy groups -OCH3 is 1. The second-order valence-corrected chi connectivity index (χ2v) is 4.78. The van der Waals surface area contributed by atoms with Crippen LogP contribution < -0.4 is 15.8 Å². The van der Waals surface area contributed by atoms with Crippen LogP contribution in [0.25, 0.3) is 0 Å². The largest absolute Gasteiger partial charge is 0.495 e. The van der Waals surface area contributed by atoms with Gasteiger partial charge in [-0.2, -0.15) is 0 Å². The lowest BCUT2D eigenvalue weighted by Gasteiger charge is -2.16. The summed E-state index contributed by atoms with van der Waals surface area (Å²) < 4.78 is 5.25. The number of anilines is 1. The molecule has 0 aromatic heterocycles. The molecule has 1 amide bonds.